The summed E-state index contributed by atoms with van der Waals surface area (Å²) in [6.07, 6.45) is 1.56. The van der Waals surface area contributed by atoms with Crippen LogP contribution in [0.25, 0.3) is 10.9 Å². The Labute approximate surface area is 107 Å². The van der Waals surface area contributed by atoms with Gasteiger partial charge in [-0.3, -0.25) is 4.98 Å². The molecule has 2 aromatic rings. The lowest BCUT2D eigenvalue weighted by Gasteiger charge is -2.03. The van der Waals surface area contributed by atoms with E-state index in [2.05, 4.69) is 43.5 Å². The van der Waals surface area contributed by atoms with Crippen molar-refractivity contribution in [3.8, 4) is 0 Å². The van der Waals surface area contributed by atoms with Crippen molar-refractivity contribution in [2.75, 3.05) is 0 Å². The lowest BCUT2D eigenvalue weighted by molar-refractivity contribution is 0.636. The van der Waals surface area contributed by atoms with E-state index in [9.17, 15) is 4.39 Å². The third-order valence-corrected chi connectivity index (χ3v) is 3.78. The Morgan fingerprint density at radius 3 is 2.86 bits per heavy atom. The molecule has 0 radical (unpaired) electrons. The average molecular weight is 386 g/mol. The fraction of sp³-hybridized carbons (Fsp3) is 0. The number of aromatic nitrogens is 1. The normalized spacial score (nSPS) is 10.9. The highest BCUT2D eigenvalue weighted by Crippen LogP contribution is 2.30. The van der Waals surface area contributed by atoms with Crippen LogP contribution in [0.3, 0.4) is 0 Å². The van der Waals surface area contributed by atoms with Gasteiger partial charge in [0.2, 0.25) is 0 Å². The topological polar surface area (TPSA) is 12.9 Å². The van der Waals surface area contributed by atoms with Gasteiger partial charge in [0.15, 0.2) is 5.82 Å². The molecule has 0 fully saturated rings. The smallest absolute Gasteiger partial charge is 0.150 e. The zero-order valence-electron chi connectivity index (χ0n) is 6.69. The third kappa shape index (κ3) is 1.75. The number of rotatable bonds is 0. The second-order valence-electron chi connectivity index (χ2n) is 2.70. The molecule has 0 aliphatic heterocycles. The highest BCUT2D eigenvalue weighted by Gasteiger charge is 2.09. The average Bonchev–Trinajstić information content (AvgIpc) is 2.12. The highest BCUT2D eigenvalue weighted by atomic mass is 127. The van der Waals surface area contributed by atoms with Crippen molar-refractivity contribution in [3.63, 3.8) is 0 Å². The molecule has 0 N–H and O–H groups in total. The number of pyridine rings is 1. The zero-order valence-corrected chi connectivity index (χ0v) is 11.2. The summed E-state index contributed by atoms with van der Waals surface area (Å²) in [5, 5.41) is 1.17. The number of fused-ring (bicyclic) bond motifs is 1. The van der Waals surface area contributed by atoms with Gasteiger partial charge in [-0.25, -0.2) is 4.39 Å². The van der Waals surface area contributed by atoms with Crippen molar-refractivity contribution < 1.29 is 4.39 Å². The minimum atomic E-state index is -0.368. The lowest BCUT2D eigenvalue weighted by Crippen LogP contribution is -1.88. The maximum absolute atomic E-state index is 13.4. The van der Waals surface area contributed by atoms with E-state index < -0.39 is 0 Å². The highest BCUT2D eigenvalue weighted by molar-refractivity contribution is 14.1. The first-order valence-corrected chi connectivity index (χ1v) is 5.93. The van der Waals surface area contributed by atoms with Gasteiger partial charge < -0.3 is 0 Å². The van der Waals surface area contributed by atoms with E-state index in [0.717, 1.165) is 3.57 Å². The van der Waals surface area contributed by atoms with Crippen LogP contribution in [0.5, 0.6) is 0 Å². The van der Waals surface area contributed by atoms with Crippen molar-refractivity contribution in [1.29, 1.82) is 0 Å². The van der Waals surface area contributed by atoms with Gasteiger partial charge in [0, 0.05) is 16.1 Å². The molecule has 72 valence electrons. The molecule has 14 heavy (non-hydrogen) atoms. The maximum Gasteiger partial charge on any atom is 0.150 e. The Hall–Kier alpha value is 0.0600. The molecule has 1 aromatic heterocycles. The first kappa shape index (κ1) is 10.6. The molecule has 0 unspecified atom stereocenters. The van der Waals surface area contributed by atoms with Gasteiger partial charge in [-0.2, -0.15) is 0 Å². The van der Waals surface area contributed by atoms with Crippen molar-refractivity contribution in [2.45, 2.75) is 0 Å². The number of hydrogen-bond donors (Lipinski definition) is 0. The van der Waals surface area contributed by atoms with Gasteiger partial charge in [-0.15, -0.1) is 0 Å². The van der Waals surface area contributed by atoms with Crippen LogP contribution < -0.4 is 0 Å². The molecule has 1 nitrogen and oxygen atoms in total. The van der Waals surface area contributed by atoms with E-state index in [-0.39, 0.29) is 5.82 Å². The summed E-state index contributed by atoms with van der Waals surface area (Å²) in [6, 6.07) is 3.13. The molecule has 0 atom stereocenters. The number of benzene rings is 1. The molecule has 0 amide bonds. The van der Waals surface area contributed by atoms with Crippen LogP contribution in [-0.2, 0) is 0 Å². The summed E-state index contributed by atoms with van der Waals surface area (Å²) in [4.78, 5) is 3.99. The van der Waals surface area contributed by atoms with E-state index in [4.69, 9.17) is 11.6 Å². The molecular formula is C9H3BrClFIN. The van der Waals surface area contributed by atoms with Crippen LogP contribution in [0.2, 0.25) is 5.02 Å². The summed E-state index contributed by atoms with van der Waals surface area (Å²) < 4.78 is 14.9. The lowest BCUT2D eigenvalue weighted by atomic mass is 10.2. The predicted octanol–water partition coefficient (Wildman–Crippen LogP) is 4.39. The van der Waals surface area contributed by atoms with Crippen LogP contribution >= 0.6 is 50.1 Å². The van der Waals surface area contributed by atoms with Gasteiger partial charge >= 0.3 is 0 Å². The van der Waals surface area contributed by atoms with Crippen molar-refractivity contribution in [3.05, 3.63) is 37.2 Å². The molecular weight excluding hydrogens is 383 g/mol. The van der Waals surface area contributed by atoms with Crippen molar-refractivity contribution >= 4 is 61.0 Å². The van der Waals surface area contributed by atoms with Crippen LogP contribution in [0.15, 0.2) is 22.8 Å². The minimum Gasteiger partial charge on any atom is -0.252 e. The van der Waals surface area contributed by atoms with E-state index in [1.54, 1.807) is 12.3 Å². The molecule has 0 spiro atoms. The van der Waals surface area contributed by atoms with Gasteiger partial charge in [0.25, 0.3) is 0 Å². The summed E-state index contributed by atoms with van der Waals surface area (Å²) in [5.41, 5.74) is 0.304. The van der Waals surface area contributed by atoms with E-state index in [1.165, 1.54) is 6.07 Å². The maximum atomic E-state index is 13.4. The van der Waals surface area contributed by atoms with E-state index >= 15 is 0 Å². The van der Waals surface area contributed by atoms with Crippen molar-refractivity contribution in [1.82, 2.24) is 4.98 Å². The first-order chi connectivity index (χ1) is 6.59. The van der Waals surface area contributed by atoms with Crippen LogP contribution in [0.1, 0.15) is 0 Å². The third-order valence-electron chi connectivity index (χ3n) is 1.78. The van der Waals surface area contributed by atoms with E-state index in [0.29, 0.717) is 20.4 Å². The van der Waals surface area contributed by atoms with Crippen LogP contribution in [-0.4, -0.2) is 4.98 Å². The number of nitrogens with zero attached hydrogens (tertiary/aromatic N) is 1. The van der Waals surface area contributed by atoms with Crippen LogP contribution in [0.4, 0.5) is 4.39 Å². The molecule has 1 heterocycles. The Morgan fingerprint density at radius 1 is 1.43 bits per heavy atom. The van der Waals surface area contributed by atoms with Gasteiger partial charge in [0.05, 0.1) is 8.59 Å². The molecule has 0 saturated carbocycles. The molecule has 2 rings (SSSR count). The molecule has 0 aliphatic rings. The fourth-order valence-electron chi connectivity index (χ4n) is 1.17. The largest absolute Gasteiger partial charge is 0.252 e. The quantitative estimate of drug-likeness (QED) is 0.612. The second kappa shape index (κ2) is 3.90. The number of hydrogen-bond acceptors (Lipinski definition) is 1. The molecule has 0 aliphatic carbocycles. The SMILES string of the molecule is Fc1cc(Br)cc2c(Cl)c(I)cnc12. The summed E-state index contributed by atoms with van der Waals surface area (Å²) in [6.45, 7) is 0. The standard InChI is InChI=1S/C9H3BrClFIN/c10-4-1-5-8(11)7(13)3-14-9(5)6(12)2-4/h1-3H. The monoisotopic (exact) mass is 385 g/mol. The predicted molar refractivity (Wildman–Crippen MR) is 67.1 cm³/mol. The summed E-state index contributed by atoms with van der Waals surface area (Å²) >= 11 is 11.3. The van der Waals surface area contributed by atoms with Crippen LogP contribution in [0, 0.1) is 9.39 Å². The Bertz CT molecular complexity index is 518. The van der Waals surface area contributed by atoms with Gasteiger partial charge in [0.1, 0.15) is 5.52 Å². The summed E-state index contributed by atoms with van der Waals surface area (Å²) in [7, 11) is 0. The second-order valence-corrected chi connectivity index (χ2v) is 5.16. The molecule has 0 saturated heterocycles. The van der Waals surface area contributed by atoms with E-state index in [1.807, 2.05) is 0 Å². The Morgan fingerprint density at radius 2 is 2.14 bits per heavy atom. The first-order valence-electron chi connectivity index (χ1n) is 3.68. The molecule has 1 aromatic carbocycles. The fourth-order valence-corrected chi connectivity index (χ4v) is 2.22. The number of halogens is 4. The van der Waals surface area contributed by atoms with Gasteiger partial charge in [-0.1, -0.05) is 27.5 Å². The van der Waals surface area contributed by atoms with Gasteiger partial charge in [-0.05, 0) is 34.7 Å². The Kier molecular flexibility index (Phi) is 2.95. The summed E-state index contributed by atoms with van der Waals surface area (Å²) in [5.74, 6) is -0.368. The zero-order chi connectivity index (χ0) is 10.3. The minimum absolute atomic E-state index is 0.304. The molecule has 5 heteroatoms. The molecule has 0 bridgehead atoms. The van der Waals surface area contributed by atoms with Crippen molar-refractivity contribution in [2.24, 2.45) is 0 Å². The Balaban J connectivity index is 2.95.